The van der Waals surface area contributed by atoms with Crippen LogP contribution in [0.25, 0.3) is 0 Å². The molecule has 0 radical (unpaired) electrons. The van der Waals surface area contributed by atoms with Gasteiger partial charge in [-0.25, -0.2) is 4.99 Å². The highest BCUT2D eigenvalue weighted by Crippen LogP contribution is 2.13. The van der Waals surface area contributed by atoms with Crippen molar-refractivity contribution in [3.05, 3.63) is 29.8 Å². The molecule has 0 spiro atoms. The van der Waals surface area contributed by atoms with E-state index in [9.17, 15) is 4.79 Å². The van der Waals surface area contributed by atoms with Gasteiger partial charge in [-0.15, -0.1) is 0 Å². The fourth-order valence-electron chi connectivity index (χ4n) is 1.11. The summed E-state index contributed by atoms with van der Waals surface area (Å²) in [7, 11) is 0. The molecule has 0 atom stereocenters. The average molecular weight is 191 g/mol. The normalized spacial score (nSPS) is 9.43. The molecule has 0 aliphatic heterocycles. The van der Waals surface area contributed by atoms with E-state index in [1.54, 1.807) is 0 Å². The van der Waals surface area contributed by atoms with Crippen LogP contribution in [0.2, 0.25) is 0 Å². The second-order valence-corrected chi connectivity index (χ2v) is 2.91. The van der Waals surface area contributed by atoms with Crippen LogP contribution in [0.4, 0.5) is 5.69 Å². The maximum absolute atomic E-state index is 10.1. The first-order valence-electron chi connectivity index (χ1n) is 4.34. The van der Waals surface area contributed by atoms with Crippen LogP contribution in [0.15, 0.2) is 29.3 Å². The zero-order valence-corrected chi connectivity index (χ0v) is 7.81. The molecular weight excluding hydrogens is 178 g/mol. The van der Waals surface area contributed by atoms with E-state index in [1.165, 1.54) is 0 Å². The van der Waals surface area contributed by atoms with Crippen molar-refractivity contribution in [3.8, 4) is 0 Å². The van der Waals surface area contributed by atoms with E-state index >= 15 is 0 Å². The molecule has 0 aromatic heterocycles. The summed E-state index contributed by atoms with van der Waals surface area (Å²) in [6, 6.07) is 7.45. The Morgan fingerprint density at radius 1 is 1.29 bits per heavy atom. The third kappa shape index (κ3) is 3.26. The summed E-state index contributed by atoms with van der Waals surface area (Å²) in [5.74, 6) is 0.0469. The summed E-state index contributed by atoms with van der Waals surface area (Å²) >= 11 is 0. The fraction of sp³-hybridized carbons (Fsp3) is 0.200. The van der Waals surface area contributed by atoms with Gasteiger partial charge in [-0.2, -0.15) is 0 Å². The van der Waals surface area contributed by atoms with Gasteiger partial charge >= 0.3 is 0 Å². The largest absolute Gasteiger partial charge is 0.370 e. The molecule has 14 heavy (non-hydrogen) atoms. The number of rotatable bonds is 4. The van der Waals surface area contributed by atoms with Gasteiger partial charge in [0.2, 0.25) is 0 Å². The summed E-state index contributed by atoms with van der Waals surface area (Å²) in [6.45, 7) is 0. The van der Waals surface area contributed by atoms with E-state index < -0.39 is 0 Å². The molecule has 0 amide bonds. The number of carbonyl (C=O) groups is 1. The van der Waals surface area contributed by atoms with Crippen LogP contribution in [0.1, 0.15) is 12.0 Å². The van der Waals surface area contributed by atoms with Crippen LogP contribution in [0.3, 0.4) is 0 Å². The maximum atomic E-state index is 10.1. The molecule has 0 saturated carbocycles. The number of aliphatic imine (C=N–C) groups is 1. The second-order valence-electron chi connectivity index (χ2n) is 2.91. The molecule has 4 heteroatoms. The van der Waals surface area contributed by atoms with Crippen molar-refractivity contribution in [2.45, 2.75) is 12.8 Å². The Hall–Kier alpha value is -1.84. The van der Waals surface area contributed by atoms with Crippen LogP contribution < -0.4 is 11.5 Å². The highest BCUT2D eigenvalue weighted by atomic mass is 16.1. The van der Waals surface area contributed by atoms with Crippen molar-refractivity contribution in [2.75, 3.05) is 0 Å². The van der Waals surface area contributed by atoms with E-state index in [0.717, 1.165) is 24.0 Å². The number of aryl methyl sites for hydroxylation is 1. The molecule has 4 nitrogen and oxygen atoms in total. The lowest BCUT2D eigenvalue weighted by molar-refractivity contribution is -0.107. The molecule has 74 valence electrons. The first-order chi connectivity index (χ1) is 6.72. The van der Waals surface area contributed by atoms with Gasteiger partial charge in [0.05, 0.1) is 5.69 Å². The molecule has 0 fully saturated rings. The number of guanidine groups is 1. The SMILES string of the molecule is NC(N)=Nc1ccc(CCC=O)cc1. The summed E-state index contributed by atoms with van der Waals surface area (Å²) in [5, 5.41) is 0. The molecule has 0 aliphatic rings. The number of nitrogens with two attached hydrogens (primary N) is 2. The third-order valence-electron chi connectivity index (χ3n) is 1.75. The summed E-state index contributed by atoms with van der Waals surface area (Å²) in [5.41, 5.74) is 12.3. The number of nitrogens with zero attached hydrogens (tertiary/aromatic N) is 1. The van der Waals surface area contributed by atoms with Crippen LogP contribution in [-0.2, 0) is 11.2 Å². The van der Waals surface area contributed by atoms with Crippen LogP contribution in [0.5, 0.6) is 0 Å². The zero-order chi connectivity index (χ0) is 10.4. The van der Waals surface area contributed by atoms with E-state index in [2.05, 4.69) is 4.99 Å². The minimum absolute atomic E-state index is 0.0469. The highest BCUT2D eigenvalue weighted by Gasteiger charge is 1.93. The van der Waals surface area contributed by atoms with Gasteiger partial charge in [-0.1, -0.05) is 12.1 Å². The molecule has 0 unspecified atom stereocenters. The summed E-state index contributed by atoms with van der Waals surface area (Å²) in [4.78, 5) is 14.0. The molecule has 0 saturated heterocycles. The van der Waals surface area contributed by atoms with Crippen molar-refractivity contribution in [3.63, 3.8) is 0 Å². The number of carbonyl (C=O) groups excluding carboxylic acids is 1. The number of benzene rings is 1. The molecule has 0 bridgehead atoms. The van der Waals surface area contributed by atoms with Gasteiger partial charge in [0.25, 0.3) is 0 Å². The smallest absolute Gasteiger partial charge is 0.191 e. The Balaban J connectivity index is 2.68. The van der Waals surface area contributed by atoms with Crippen LogP contribution in [0, 0.1) is 0 Å². The fourth-order valence-corrected chi connectivity index (χ4v) is 1.11. The van der Waals surface area contributed by atoms with Crippen molar-refractivity contribution in [1.29, 1.82) is 0 Å². The molecule has 1 aromatic rings. The van der Waals surface area contributed by atoms with Crippen molar-refractivity contribution in [1.82, 2.24) is 0 Å². The van der Waals surface area contributed by atoms with Crippen LogP contribution in [-0.4, -0.2) is 12.2 Å². The number of hydrogen-bond donors (Lipinski definition) is 2. The van der Waals surface area contributed by atoms with Gasteiger partial charge in [0.1, 0.15) is 6.29 Å². The second kappa shape index (κ2) is 5.01. The first-order valence-corrected chi connectivity index (χ1v) is 4.34. The zero-order valence-electron chi connectivity index (χ0n) is 7.81. The monoisotopic (exact) mass is 191 g/mol. The predicted molar refractivity (Wildman–Crippen MR) is 56.3 cm³/mol. The van der Waals surface area contributed by atoms with E-state index in [1.807, 2.05) is 24.3 Å². The quantitative estimate of drug-likeness (QED) is 0.418. The average Bonchev–Trinajstić information content (AvgIpc) is 2.16. The van der Waals surface area contributed by atoms with Gasteiger partial charge in [0.15, 0.2) is 5.96 Å². The Kier molecular flexibility index (Phi) is 3.67. The van der Waals surface area contributed by atoms with Crippen LogP contribution >= 0.6 is 0 Å². The molecule has 0 heterocycles. The molecule has 1 rings (SSSR count). The maximum Gasteiger partial charge on any atom is 0.191 e. The Morgan fingerprint density at radius 2 is 1.93 bits per heavy atom. The minimum Gasteiger partial charge on any atom is -0.370 e. The predicted octanol–water partition coefficient (Wildman–Crippen LogP) is 0.723. The van der Waals surface area contributed by atoms with Crippen molar-refractivity contribution in [2.24, 2.45) is 16.5 Å². The standard InChI is InChI=1S/C10H13N3O/c11-10(12)13-9-5-3-8(4-6-9)2-1-7-14/h3-7H,1-2H2,(H4,11,12,13). The Bertz CT molecular complexity index is 326. The number of aldehydes is 1. The van der Waals surface area contributed by atoms with Crippen molar-refractivity contribution < 1.29 is 4.79 Å². The van der Waals surface area contributed by atoms with Crippen molar-refractivity contribution >= 4 is 17.9 Å². The van der Waals surface area contributed by atoms with Gasteiger partial charge < -0.3 is 16.3 Å². The first kappa shape index (κ1) is 10.2. The van der Waals surface area contributed by atoms with E-state index in [0.29, 0.717) is 6.42 Å². The molecule has 0 aliphatic carbocycles. The molecule has 1 aromatic carbocycles. The summed E-state index contributed by atoms with van der Waals surface area (Å²) < 4.78 is 0. The lowest BCUT2D eigenvalue weighted by Gasteiger charge is -1.98. The Labute approximate surface area is 82.6 Å². The van der Waals surface area contributed by atoms with Gasteiger partial charge in [-0.05, 0) is 24.1 Å². The minimum atomic E-state index is 0.0469. The summed E-state index contributed by atoms with van der Waals surface area (Å²) in [6.07, 6.45) is 2.21. The number of hydrogen-bond acceptors (Lipinski definition) is 2. The van der Waals surface area contributed by atoms with Gasteiger partial charge in [0, 0.05) is 6.42 Å². The molecule has 4 N–H and O–H groups in total. The topological polar surface area (TPSA) is 81.5 Å². The highest BCUT2D eigenvalue weighted by molar-refractivity contribution is 5.78. The lowest BCUT2D eigenvalue weighted by atomic mass is 10.1. The Morgan fingerprint density at radius 3 is 2.43 bits per heavy atom. The third-order valence-corrected chi connectivity index (χ3v) is 1.75. The lowest BCUT2D eigenvalue weighted by Crippen LogP contribution is -2.21. The molecular formula is C10H13N3O. The van der Waals surface area contributed by atoms with Gasteiger partial charge in [-0.3, -0.25) is 0 Å². The van der Waals surface area contributed by atoms with E-state index in [-0.39, 0.29) is 5.96 Å². The van der Waals surface area contributed by atoms with E-state index in [4.69, 9.17) is 11.5 Å².